The van der Waals surface area contributed by atoms with Crippen LogP contribution in [0.15, 0.2) is 12.1 Å². The van der Waals surface area contributed by atoms with Gasteiger partial charge in [0.15, 0.2) is 0 Å². The molecule has 0 aromatic heterocycles. The monoisotopic (exact) mass is 182 g/mol. The van der Waals surface area contributed by atoms with Crippen LogP contribution in [-0.2, 0) is 12.8 Å². The molecule has 0 unspecified atom stereocenters. The van der Waals surface area contributed by atoms with Gasteiger partial charge in [-0.3, -0.25) is 0 Å². The van der Waals surface area contributed by atoms with Crippen LogP contribution in [0.4, 0.5) is 0 Å². The number of methoxy groups -OCH3 is 1. The first kappa shape index (κ1) is 7.93. The number of halogens is 1. The normalized spacial score (nSPS) is 14.5. The van der Waals surface area contributed by atoms with Crippen molar-refractivity contribution in [2.45, 2.75) is 19.3 Å². The van der Waals surface area contributed by atoms with Gasteiger partial charge >= 0.3 is 0 Å². The van der Waals surface area contributed by atoms with Gasteiger partial charge in [-0.25, -0.2) is 0 Å². The van der Waals surface area contributed by atoms with Gasteiger partial charge in [-0.1, -0.05) is 11.6 Å². The van der Waals surface area contributed by atoms with Crippen LogP contribution in [0, 0.1) is 0 Å². The Morgan fingerprint density at radius 2 is 1.92 bits per heavy atom. The first-order chi connectivity index (χ1) is 5.81. The smallest absolute Gasteiger partial charge is 0.137 e. The van der Waals surface area contributed by atoms with Crippen LogP contribution in [0.25, 0.3) is 0 Å². The van der Waals surface area contributed by atoms with Gasteiger partial charge in [-0.15, -0.1) is 0 Å². The third kappa shape index (κ3) is 1.18. The Morgan fingerprint density at radius 3 is 2.58 bits per heavy atom. The highest BCUT2D eigenvalue weighted by Gasteiger charge is 2.13. The minimum Gasteiger partial charge on any atom is -0.495 e. The quantitative estimate of drug-likeness (QED) is 0.649. The second-order valence-corrected chi connectivity index (χ2v) is 3.52. The van der Waals surface area contributed by atoms with Crippen LogP contribution in [0.3, 0.4) is 0 Å². The van der Waals surface area contributed by atoms with Crippen molar-refractivity contribution in [3.8, 4) is 5.75 Å². The molecular formula is C10H11ClO. The molecule has 0 radical (unpaired) electrons. The van der Waals surface area contributed by atoms with Crippen LogP contribution in [0.5, 0.6) is 5.75 Å². The van der Waals surface area contributed by atoms with Gasteiger partial charge in [0.1, 0.15) is 5.75 Å². The van der Waals surface area contributed by atoms with E-state index in [4.69, 9.17) is 16.3 Å². The van der Waals surface area contributed by atoms with Crippen molar-refractivity contribution in [2.24, 2.45) is 0 Å². The first-order valence-corrected chi connectivity index (χ1v) is 4.54. The number of fused-ring (bicyclic) bond motifs is 1. The minimum absolute atomic E-state index is 0.734. The van der Waals surface area contributed by atoms with Crippen molar-refractivity contribution < 1.29 is 4.74 Å². The molecule has 1 aromatic carbocycles. The van der Waals surface area contributed by atoms with Crippen molar-refractivity contribution in [2.75, 3.05) is 7.11 Å². The molecule has 0 bridgehead atoms. The summed E-state index contributed by atoms with van der Waals surface area (Å²) in [4.78, 5) is 0. The molecule has 0 saturated heterocycles. The number of ether oxygens (including phenoxy) is 1. The summed E-state index contributed by atoms with van der Waals surface area (Å²) in [6, 6.07) is 4.09. The van der Waals surface area contributed by atoms with Crippen molar-refractivity contribution in [3.05, 3.63) is 28.3 Å². The fourth-order valence-electron chi connectivity index (χ4n) is 1.73. The van der Waals surface area contributed by atoms with E-state index in [9.17, 15) is 0 Å². The van der Waals surface area contributed by atoms with Gasteiger partial charge in [0.2, 0.25) is 0 Å². The number of benzene rings is 1. The van der Waals surface area contributed by atoms with Crippen LogP contribution < -0.4 is 4.74 Å². The number of aryl methyl sites for hydroxylation is 2. The van der Waals surface area contributed by atoms with Gasteiger partial charge in [0.25, 0.3) is 0 Å². The van der Waals surface area contributed by atoms with E-state index in [0.29, 0.717) is 0 Å². The summed E-state index contributed by atoms with van der Waals surface area (Å²) in [5, 5.41) is 0.734. The minimum atomic E-state index is 0.734. The highest BCUT2D eigenvalue weighted by atomic mass is 35.5. The molecule has 0 heterocycles. The second-order valence-electron chi connectivity index (χ2n) is 3.11. The number of hydrogen-bond donors (Lipinski definition) is 0. The summed E-state index contributed by atoms with van der Waals surface area (Å²) in [5.41, 5.74) is 2.79. The highest BCUT2D eigenvalue weighted by Crippen LogP contribution is 2.32. The van der Waals surface area contributed by atoms with Crippen LogP contribution in [-0.4, -0.2) is 7.11 Å². The fraction of sp³-hybridized carbons (Fsp3) is 0.400. The maximum absolute atomic E-state index is 5.98. The van der Waals surface area contributed by atoms with E-state index in [2.05, 4.69) is 6.07 Å². The molecule has 0 fully saturated rings. The summed E-state index contributed by atoms with van der Waals surface area (Å²) in [5.74, 6) is 0.803. The summed E-state index contributed by atoms with van der Waals surface area (Å²) < 4.78 is 5.14. The van der Waals surface area contributed by atoms with Crippen molar-refractivity contribution in [1.82, 2.24) is 0 Å². The predicted molar refractivity (Wildman–Crippen MR) is 50.0 cm³/mol. The summed E-state index contributed by atoms with van der Waals surface area (Å²) in [7, 11) is 1.66. The number of hydrogen-bond acceptors (Lipinski definition) is 1. The largest absolute Gasteiger partial charge is 0.495 e. The van der Waals surface area contributed by atoms with Gasteiger partial charge < -0.3 is 4.74 Å². The Labute approximate surface area is 77.3 Å². The molecule has 1 nitrogen and oxygen atoms in total. The third-order valence-corrected chi connectivity index (χ3v) is 2.66. The van der Waals surface area contributed by atoms with Crippen LogP contribution in [0.2, 0.25) is 5.02 Å². The first-order valence-electron chi connectivity index (χ1n) is 4.16. The molecule has 2 rings (SSSR count). The van der Waals surface area contributed by atoms with E-state index >= 15 is 0 Å². The zero-order valence-corrected chi connectivity index (χ0v) is 7.82. The summed E-state index contributed by atoms with van der Waals surface area (Å²) >= 11 is 5.98. The van der Waals surface area contributed by atoms with E-state index in [0.717, 1.165) is 10.8 Å². The van der Waals surface area contributed by atoms with E-state index in [1.165, 1.54) is 30.4 Å². The van der Waals surface area contributed by atoms with Crippen molar-refractivity contribution in [3.63, 3.8) is 0 Å². The molecule has 1 aliphatic carbocycles. The molecule has 0 saturated carbocycles. The standard InChI is InChI=1S/C10H11ClO/c1-12-10-6-8-4-2-3-7(8)5-9(10)11/h5-6H,2-4H2,1H3. The average molecular weight is 183 g/mol. The Balaban J connectivity index is 2.49. The molecule has 64 valence electrons. The van der Waals surface area contributed by atoms with Crippen LogP contribution in [0.1, 0.15) is 17.5 Å². The lowest BCUT2D eigenvalue weighted by molar-refractivity contribution is 0.414. The zero-order valence-electron chi connectivity index (χ0n) is 7.06. The lowest BCUT2D eigenvalue weighted by Gasteiger charge is -2.05. The lowest BCUT2D eigenvalue weighted by atomic mass is 10.1. The Bertz CT molecular complexity index is 306. The average Bonchev–Trinajstić information content (AvgIpc) is 2.49. The van der Waals surface area contributed by atoms with Crippen molar-refractivity contribution in [1.29, 1.82) is 0 Å². The maximum Gasteiger partial charge on any atom is 0.137 e. The zero-order chi connectivity index (χ0) is 8.55. The number of rotatable bonds is 1. The fourth-order valence-corrected chi connectivity index (χ4v) is 1.99. The Hall–Kier alpha value is -0.690. The third-order valence-electron chi connectivity index (χ3n) is 2.37. The molecule has 12 heavy (non-hydrogen) atoms. The SMILES string of the molecule is COc1cc2c(cc1Cl)CCC2. The van der Waals surface area contributed by atoms with E-state index < -0.39 is 0 Å². The molecule has 2 heteroatoms. The second kappa shape index (κ2) is 2.98. The van der Waals surface area contributed by atoms with Gasteiger partial charge in [-0.2, -0.15) is 0 Å². The maximum atomic E-state index is 5.98. The lowest BCUT2D eigenvalue weighted by Crippen LogP contribution is -1.88. The van der Waals surface area contributed by atoms with Crippen molar-refractivity contribution >= 4 is 11.6 Å². The van der Waals surface area contributed by atoms with Gasteiger partial charge in [0.05, 0.1) is 12.1 Å². The molecular weight excluding hydrogens is 172 g/mol. The van der Waals surface area contributed by atoms with E-state index in [-0.39, 0.29) is 0 Å². The van der Waals surface area contributed by atoms with Crippen LogP contribution >= 0.6 is 11.6 Å². The molecule has 0 N–H and O–H groups in total. The predicted octanol–water partition coefficient (Wildman–Crippen LogP) is 2.84. The van der Waals surface area contributed by atoms with E-state index in [1.807, 2.05) is 6.07 Å². The topological polar surface area (TPSA) is 9.23 Å². The Kier molecular flexibility index (Phi) is 1.97. The molecule has 0 amide bonds. The molecule has 0 atom stereocenters. The Morgan fingerprint density at radius 1 is 1.25 bits per heavy atom. The highest BCUT2D eigenvalue weighted by molar-refractivity contribution is 6.32. The van der Waals surface area contributed by atoms with Gasteiger partial charge in [0, 0.05) is 0 Å². The van der Waals surface area contributed by atoms with E-state index in [1.54, 1.807) is 7.11 Å². The summed E-state index contributed by atoms with van der Waals surface area (Å²) in [6.45, 7) is 0. The summed E-state index contributed by atoms with van der Waals surface area (Å²) in [6.07, 6.45) is 3.58. The molecule has 1 aromatic rings. The molecule has 1 aliphatic rings. The molecule has 0 aliphatic heterocycles. The molecule has 0 spiro atoms. The van der Waals surface area contributed by atoms with Gasteiger partial charge in [-0.05, 0) is 42.5 Å².